The SMILES string of the molecule is CC(C)(C)c1ccnc(-n2c3ccc(C4CCCCC4)cc3c3ccc(Oc4cccc(-n5[c](=[Pt])n(-c6c(-c7ccccc7)cc7c(c6-c6ccccc6)CCC6CCCC76)c6ccccc65)c4)cc32)c1. The van der Waals surface area contributed by atoms with Crippen molar-refractivity contribution >= 4 is 32.8 Å². The van der Waals surface area contributed by atoms with Crippen LogP contribution in [0.1, 0.15) is 113 Å². The number of rotatable bonds is 8. The molecule has 3 heterocycles. The number of imidazole rings is 1. The molecule has 7 aromatic carbocycles. The number of aromatic nitrogens is 4. The number of para-hydroxylation sites is 2. The summed E-state index contributed by atoms with van der Waals surface area (Å²) in [5, 5.41) is 2.49. The summed E-state index contributed by atoms with van der Waals surface area (Å²) in [5.74, 6) is 4.51. The number of hydrogen-bond acceptors (Lipinski definition) is 2. The van der Waals surface area contributed by atoms with Crippen molar-refractivity contribution in [1.82, 2.24) is 18.7 Å². The first-order valence-corrected chi connectivity index (χ1v) is 27.2. The van der Waals surface area contributed by atoms with Gasteiger partial charge in [-0.25, -0.2) is 0 Å². The first kappa shape index (κ1) is 44.4. The molecule has 3 aliphatic carbocycles. The number of pyridine rings is 1. The van der Waals surface area contributed by atoms with Crippen LogP contribution in [0.15, 0.2) is 170 Å². The summed E-state index contributed by atoms with van der Waals surface area (Å²) in [7, 11) is 0. The Morgan fingerprint density at radius 3 is 2.10 bits per heavy atom. The molecule has 2 unspecified atom stereocenters. The van der Waals surface area contributed by atoms with Crippen LogP contribution < -0.4 is 4.74 Å². The molecule has 71 heavy (non-hydrogen) atoms. The summed E-state index contributed by atoms with van der Waals surface area (Å²) < 4.78 is 15.4. The maximum absolute atomic E-state index is 6.97. The Kier molecular flexibility index (Phi) is 11.2. The van der Waals surface area contributed by atoms with Crippen molar-refractivity contribution in [1.29, 1.82) is 0 Å². The van der Waals surface area contributed by atoms with E-state index in [9.17, 15) is 0 Å². The molecule has 0 amide bonds. The Hall–Kier alpha value is -6.55. The van der Waals surface area contributed by atoms with Crippen molar-refractivity contribution < 1.29 is 24.1 Å². The normalized spacial score (nSPS) is 17.3. The number of nitrogens with zero attached hydrogens (tertiary/aromatic N) is 4. The quantitative estimate of drug-likeness (QED) is 0.152. The van der Waals surface area contributed by atoms with Crippen molar-refractivity contribution in [3.05, 3.63) is 196 Å². The van der Waals surface area contributed by atoms with Crippen LogP contribution in [-0.4, -0.2) is 18.7 Å². The summed E-state index contributed by atoms with van der Waals surface area (Å²) in [6.07, 6.45) is 14.8. The fraction of sp³-hybridized carbons (Fsp3) is 0.262. The summed E-state index contributed by atoms with van der Waals surface area (Å²) >= 11 is 2.59. The van der Waals surface area contributed by atoms with E-state index >= 15 is 0 Å². The van der Waals surface area contributed by atoms with Gasteiger partial charge in [0.15, 0.2) is 0 Å². The van der Waals surface area contributed by atoms with Gasteiger partial charge in [-0.2, -0.15) is 0 Å². The monoisotopic (exact) mass is 1110 g/mol. The van der Waals surface area contributed by atoms with Crippen LogP contribution in [-0.2, 0) is 31.2 Å². The van der Waals surface area contributed by atoms with Gasteiger partial charge in [-0.15, -0.1) is 0 Å². The summed E-state index contributed by atoms with van der Waals surface area (Å²) in [4.78, 5) is 5.02. The summed E-state index contributed by atoms with van der Waals surface area (Å²) in [6.45, 7) is 6.81. The summed E-state index contributed by atoms with van der Waals surface area (Å²) in [6, 6.07) is 60.7. The molecule has 5 nitrogen and oxygen atoms in total. The van der Waals surface area contributed by atoms with Crippen LogP contribution in [0.3, 0.4) is 0 Å². The van der Waals surface area contributed by atoms with Crippen LogP contribution >= 0.6 is 0 Å². The molecule has 2 atom stereocenters. The molecule has 13 rings (SSSR count). The second-order valence-electron chi connectivity index (χ2n) is 21.6. The fourth-order valence-electron chi connectivity index (χ4n) is 12.9. The molecular formula is C65H60N4OPt. The van der Waals surface area contributed by atoms with Crippen molar-refractivity contribution in [2.24, 2.45) is 5.92 Å². The number of hydrogen-bond donors (Lipinski definition) is 0. The van der Waals surface area contributed by atoms with E-state index in [4.69, 9.17) is 9.72 Å². The van der Waals surface area contributed by atoms with E-state index in [2.05, 4.69) is 218 Å². The van der Waals surface area contributed by atoms with Gasteiger partial charge in [-0.05, 0) is 41.4 Å². The standard InChI is InChI=1S/C65H60N4O.Pt/c1-65(2,3)48-35-36-66-62(38-48)69-58-34-30-47(43-17-7-4-8-18-43)37-57(58)53-33-31-51(40-61(53)69)70-50-25-16-24-49(39-50)67-42-68(60-28-14-13-27-59(60)67)64-55(44-19-9-5-10-20-44)41-56-52-26-15-23-45(52)29-32-54(56)63(64)46-21-11-6-12-22-46;/h5-6,9-14,16,19-22,24-25,27-28,30-31,33-41,43,45,52H,4,7-8,15,17-18,23,26,29,32H2,1-3H3;. The molecule has 356 valence electrons. The van der Waals surface area contributed by atoms with Gasteiger partial charge in [0.2, 0.25) is 0 Å². The minimum atomic E-state index is -0.0137. The maximum atomic E-state index is 6.97. The van der Waals surface area contributed by atoms with Crippen LogP contribution in [0.4, 0.5) is 0 Å². The molecule has 0 spiro atoms. The minimum absolute atomic E-state index is 0.0137. The van der Waals surface area contributed by atoms with Gasteiger partial charge < -0.3 is 0 Å². The van der Waals surface area contributed by atoms with Crippen LogP contribution in [0.5, 0.6) is 11.5 Å². The molecule has 0 bridgehead atoms. The molecule has 3 aromatic heterocycles. The molecule has 3 aliphatic rings. The zero-order valence-corrected chi connectivity index (χ0v) is 43.3. The van der Waals surface area contributed by atoms with E-state index in [1.165, 1.54) is 124 Å². The Morgan fingerprint density at radius 1 is 0.563 bits per heavy atom. The topological polar surface area (TPSA) is 36.9 Å². The zero-order chi connectivity index (χ0) is 47.8. The number of ether oxygens (including phenoxy) is 1. The van der Waals surface area contributed by atoms with E-state index in [1.54, 1.807) is 5.56 Å². The van der Waals surface area contributed by atoms with Crippen molar-refractivity contribution in [3.8, 4) is 50.9 Å². The summed E-state index contributed by atoms with van der Waals surface area (Å²) in [5.41, 5.74) is 17.9. The van der Waals surface area contributed by atoms with Gasteiger partial charge in [-0.1, -0.05) is 46.1 Å². The van der Waals surface area contributed by atoms with Crippen molar-refractivity contribution in [2.45, 2.75) is 102 Å². The third-order valence-corrected chi connectivity index (χ3v) is 17.3. The average Bonchev–Trinajstić information content (AvgIpc) is 4.10. The second kappa shape index (κ2) is 17.9. The molecule has 6 heteroatoms. The van der Waals surface area contributed by atoms with E-state index < -0.39 is 0 Å². The third kappa shape index (κ3) is 7.78. The molecule has 10 aromatic rings. The first-order chi connectivity index (χ1) is 34.8. The van der Waals surface area contributed by atoms with E-state index in [0.29, 0.717) is 11.8 Å². The second-order valence-corrected chi connectivity index (χ2v) is 22.6. The van der Waals surface area contributed by atoms with Crippen LogP contribution in [0.25, 0.3) is 72.3 Å². The number of benzene rings is 7. The Balaban J connectivity index is 0.956. The predicted molar refractivity (Wildman–Crippen MR) is 288 cm³/mol. The van der Waals surface area contributed by atoms with Gasteiger partial charge in [0, 0.05) is 6.20 Å². The van der Waals surface area contributed by atoms with Crippen molar-refractivity contribution in [2.75, 3.05) is 0 Å². The van der Waals surface area contributed by atoms with Crippen LogP contribution in [0.2, 0.25) is 0 Å². The third-order valence-electron chi connectivity index (χ3n) is 16.3. The van der Waals surface area contributed by atoms with E-state index in [-0.39, 0.29) is 5.41 Å². The average molecular weight is 1110 g/mol. The van der Waals surface area contributed by atoms with Gasteiger partial charge in [0.1, 0.15) is 0 Å². The molecule has 0 N–H and O–H groups in total. The van der Waals surface area contributed by atoms with Gasteiger partial charge in [0.25, 0.3) is 0 Å². The van der Waals surface area contributed by atoms with Gasteiger partial charge >= 0.3 is 337 Å². The predicted octanol–water partition coefficient (Wildman–Crippen LogP) is 17.3. The Labute approximate surface area is 428 Å². The Morgan fingerprint density at radius 2 is 1.31 bits per heavy atom. The molecule has 0 saturated heterocycles. The molecule has 2 fully saturated rings. The number of fused-ring (bicyclic) bond motifs is 7. The Bertz CT molecular complexity index is 3720. The van der Waals surface area contributed by atoms with Crippen molar-refractivity contribution in [3.63, 3.8) is 0 Å². The van der Waals surface area contributed by atoms with E-state index in [1.807, 2.05) is 6.20 Å². The fourth-order valence-corrected chi connectivity index (χ4v) is 14.0. The molecule has 0 radical (unpaired) electrons. The van der Waals surface area contributed by atoms with Crippen LogP contribution in [0, 0.1) is 9.72 Å². The molecule has 2 saturated carbocycles. The van der Waals surface area contributed by atoms with Gasteiger partial charge in [0.05, 0.1) is 0 Å². The zero-order valence-electron chi connectivity index (χ0n) is 41.0. The molecule has 0 aliphatic heterocycles. The molecular weight excluding hydrogens is 1050 g/mol. The first-order valence-electron chi connectivity index (χ1n) is 26.1. The van der Waals surface area contributed by atoms with E-state index in [0.717, 1.165) is 50.2 Å². The van der Waals surface area contributed by atoms with Gasteiger partial charge in [-0.3, -0.25) is 0 Å².